The minimum atomic E-state index is 0.577. The first kappa shape index (κ1) is 17.2. The summed E-state index contributed by atoms with van der Waals surface area (Å²) in [6.45, 7) is 5.95. The Hall–Kier alpha value is -2.22. The van der Waals surface area contributed by atoms with Crippen molar-refractivity contribution in [1.82, 2.24) is 24.6 Å². The van der Waals surface area contributed by atoms with Crippen molar-refractivity contribution in [3.8, 4) is 0 Å². The normalized spacial score (nSPS) is 15.4. The van der Waals surface area contributed by atoms with Crippen LogP contribution >= 0.6 is 11.6 Å². The van der Waals surface area contributed by atoms with Crippen molar-refractivity contribution in [2.24, 2.45) is 0 Å². The van der Waals surface area contributed by atoms with E-state index in [-0.39, 0.29) is 0 Å². The number of aromatic nitrogens is 4. The molecule has 26 heavy (non-hydrogen) atoms. The van der Waals surface area contributed by atoms with Crippen LogP contribution in [0.25, 0.3) is 11.0 Å². The number of anilines is 1. The molecule has 7 nitrogen and oxygen atoms in total. The monoisotopic (exact) mass is 372 g/mol. The van der Waals surface area contributed by atoms with E-state index in [0.29, 0.717) is 6.54 Å². The molecule has 0 spiro atoms. The van der Waals surface area contributed by atoms with Crippen molar-refractivity contribution < 1.29 is 4.74 Å². The van der Waals surface area contributed by atoms with Gasteiger partial charge in [-0.05, 0) is 11.6 Å². The van der Waals surface area contributed by atoms with Crippen molar-refractivity contribution in [2.75, 3.05) is 44.7 Å². The van der Waals surface area contributed by atoms with Gasteiger partial charge in [-0.1, -0.05) is 29.8 Å². The van der Waals surface area contributed by atoms with Crippen LogP contribution < -0.4 is 5.32 Å². The van der Waals surface area contributed by atoms with Gasteiger partial charge in [0.05, 0.1) is 31.3 Å². The summed E-state index contributed by atoms with van der Waals surface area (Å²) in [4.78, 5) is 11.2. The Balaban J connectivity index is 1.47. The fourth-order valence-electron chi connectivity index (χ4n) is 3.09. The molecule has 1 aromatic carbocycles. The van der Waals surface area contributed by atoms with Gasteiger partial charge in [0.15, 0.2) is 5.65 Å². The third-order valence-electron chi connectivity index (χ3n) is 4.54. The van der Waals surface area contributed by atoms with Gasteiger partial charge in [0.2, 0.25) is 0 Å². The molecule has 0 atom stereocenters. The molecule has 0 bridgehead atoms. The number of ether oxygens (including phenoxy) is 1. The lowest BCUT2D eigenvalue weighted by Crippen LogP contribution is -2.39. The maximum absolute atomic E-state index is 6.27. The largest absolute Gasteiger partial charge is 0.379 e. The molecule has 1 aliphatic rings. The maximum Gasteiger partial charge on any atom is 0.163 e. The Bertz CT molecular complexity index is 877. The van der Waals surface area contributed by atoms with Crippen LogP contribution in [0, 0.1) is 0 Å². The molecule has 136 valence electrons. The van der Waals surface area contributed by atoms with Crippen LogP contribution in [0.1, 0.15) is 5.56 Å². The first-order valence-corrected chi connectivity index (χ1v) is 9.13. The van der Waals surface area contributed by atoms with E-state index >= 15 is 0 Å². The van der Waals surface area contributed by atoms with Crippen molar-refractivity contribution in [3.05, 3.63) is 47.4 Å². The molecule has 1 N–H and O–H groups in total. The molecule has 8 heteroatoms. The second-order valence-corrected chi connectivity index (χ2v) is 6.64. The lowest BCUT2D eigenvalue weighted by Gasteiger charge is -2.26. The summed E-state index contributed by atoms with van der Waals surface area (Å²) in [5.74, 6) is 0.814. The molecule has 0 unspecified atom stereocenters. The number of hydrogen-bond donors (Lipinski definition) is 1. The summed E-state index contributed by atoms with van der Waals surface area (Å²) in [5.41, 5.74) is 1.81. The number of benzene rings is 1. The van der Waals surface area contributed by atoms with E-state index in [1.54, 1.807) is 6.33 Å². The Kier molecular flexibility index (Phi) is 5.29. The molecule has 3 aromatic rings. The van der Waals surface area contributed by atoms with E-state index in [1.165, 1.54) is 0 Å². The molecule has 0 amide bonds. The Morgan fingerprint density at radius 2 is 2.00 bits per heavy atom. The number of morpholine rings is 1. The topological polar surface area (TPSA) is 68.1 Å². The first-order chi connectivity index (χ1) is 12.8. The summed E-state index contributed by atoms with van der Waals surface area (Å²) in [6.07, 6.45) is 3.38. The third kappa shape index (κ3) is 3.80. The van der Waals surface area contributed by atoms with Crippen molar-refractivity contribution >= 4 is 28.5 Å². The van der Waals surface area contributed by atoms with Crippen LogP contribution in [0.5, 0.6) is 0 Å². The second-order valence-electron chi connectivity index (χ2n) is 6.23. The number of rotatable bonds is 6. The summed E-state index contributed by atoms with van der Waals surface area (Å²) in [6, 6.07) is 7.78. The SMILES string of the molecule is Clc1ccccc1Cn1ncc2c(NCCN3CCOCC3)ncnc21. The van der Waals surface area contributed by atoms with Gasteiger partial charge in [0, 0.05) is 31.2 Å². The molecule has 1 fully saturated rings. The van der Waals surface area contributed by atoms with Gasteiger partial charge < -0.3 is 10.1 Å². The number of nitrogens with zero attached hydrogens (tertiary/aromatic N) is 5. The van der Waals surface area contributed by atoms with Gasteiger partial charge in [0.25, 0.3) is 0 Å². The summed E-state index contributed by atoms with van der Waals surface area (Å²) in [5, 5.41) is 9.54. The number of halogens is 1. The molecule has 1 saturated heterocycles. The van der Waals surface area contributed by atoms with Gasteiger partial charge in [-0.2, -0.15) is 5.10 Å². The van der Waals surface area contributed by atoms with Crippen molar-refractivity contribution in [1.29, 1.82) is 0 Å². The highest BCUT2D eigenvalue weighted by atomic mass is 35.5. The number of hydrogen-bond acceptors (Lipinski definition) is 6. The van der Waals surface area contributed by atoms with Crippen molar-refractivity contribution in [2.45, 2.75) is 6.54 Å². The van der Waals surface area contributed by atoms with Crippen LogP contribution in [0.4, 0.5) is 5.82 Å². The fraction of sp³-hybridized carbons (Fsp3) is 0.389. The molecule has 1 aliphatic heterocycles. The lowest BCUT2D eigenvalue weighted by atomic mass is 10.2. The number of fused-ring (bicyclic) bond motifs is 1. The van der Waals surface area contributed by atoms with E-state index in [2.05, 4.69) is 25.3 Å². The quantitative estimate of drug-likeness (QED) is 0.716. The highest BCUT2D eigenvalue weighted by Crippen LogP contribution is 2.21. The van der Waals surface area contributed by atoms with Crippen LogP contribution in [0.15, 0.2) is 36.8 Å². The van der Waals surface area contributed by atoms with E-state index in [1.807, 2.05) is 35.1 Å². The predicted molar refractivity (Wildman–Crippen MR) is 102 cm³/mol. The van der Waals surface area contributed by atoms with Crippen molar-refractivity contribution in [3.63, 3.8) is 0 Å². The zero-order valence-corrected chi connectivity index (χ0v) is 15.2. The van der Waals surface area contributed by atoms with E-state index in [9.17, 15) is 0 Å². The standard InChI is InChI=1S/C18H21ClN6O/c19-16-4-2-1-3-14(16)12-25-18-15(11-23-25)17(21-13-22-18)20-5-6-24-7-9-26-10-8-24/h1-4,11,13H,5-10,12H2,(H,20,21,22). The third-order valence-corrected chi connectivity index (χ3v) is 4.90. The molecule has 0 radical (unpaired) electrons. The van der Waals surface area contributed by atoms with Gasteiger partial charge >= 0.3 is 0 Å². The minimum absolute atomic E-state index is 0.577. The van der Waals surface area contributed by atoms with Gasteiger partial charge in [-0.15, -0.1) is 0 Å². The summed E-state index contributed by atoms with van der Waals surface area (Å²) in [7, 11) is 0. The van der Waals surface area contributed by atoms with Crippen LogP contribution in [0.3, 0.4) is 0 Å². The molecular formula is C18H21ClN6O. The van der Waals surface area contributed by atoms with Crippen LogP contribution in [0.2, 0.25) is 5.02 Å². The average molecular weight is 373 g/mol. The van der Waals surface area contributed by atoms with E-state index < -0.39 is 0 Å². The molecular weight excluding hydrogens is 352 g/mol. The Labute approximate surface area is 156 Å². The highest BCUT2D eigenvalue weighted by Gasteiger charge is 2.13. The lowest BCUT2D eigenvalue weighted by molar-refractivity contribution is 0.0398. The average Bonchev–Trinajstić information content (AvgIpc) is 3.08. The molecule has 3 heterocycles. The maximum atomic E-state index is 6.27. The minimum Gasteiger partial charge on any atom is -0.379 e. The predicted octanol–water partition coefficient (Wildman–Crippen LogP) is 2.27. The summed E-state index contributed by atoms with van der Waals surface area (Å²) < 4.78 is 7.23. The molecule has 0 saturated carbocycles. The van der Waals surface area contributed by atoms with Gasteiger partial charge in [0.1, 0.15) is 12.1 Å². The second kappa shape index (κ2) is 7.99. The van der Waals surface area contributed by atoms with Gasteiger partial charge in [-0.3, -0.25) is 4.90 Å². The van der Waals surface area contributed by atoms with Gasteiger partial charge in [-0.25, -0.2) is 14.6 Å². The number of nitrogens with one attached hydrogen (secondary N) is 1. The zero-order valence-electron chi connectivity index (χ0n) is 14.4. The molecule has 0 aliphatic carbocycles. The summed E-state index contributed by atoms with van der Waals surface area (Å²) >= 11 is 6.27. The fourth-order valence-corrected chi connectivity index (χ4v) is 3.29. The Morgan fingerprint density at radius 3 is 2.85 bits per heavy atom. The highest BCUT2D eigenvalue weighted by molar-refractivity contribution is 6.31. The smallest absolute Gasteiger partial charge is 0.163 e. The molecule has 4 rings (SSSR count). The zero-order chi connectivity index (χ0) is 17.8. The first-order valence-electron chi connectivity index (χ1n) is 8.75. The molecule has 2 aromatic heterocycles. The van der Waals surface area contributed by atoms with Crippen LogP contribution in [-0.2, 0) is 11.3 Å². The van der Waals surface area contributed by atoms with E-state index in [0.717, 1.165) is 66.8 Å². The Morgan fingerprint density at radius 1 is 1.15 bits per heavy atom. The van der Waals surface area contributed by atoms with E-state index in [4.69, 9.17) is 16.3 Å². The van der Waals surface area contributed by atoms with Crippen LogP contribution in [-0.4, -0.2) is 64.0 Å².